The molecule has 1 aliphatic rings. The molecule has 6 heteroatoms. The molecule has 0 saturated carbocycles. The minimum atomic E-state index is -0.0956. The van der Waals surface area contributed by atoms with Crippen LogP contribution in [-0.4, -0.2) is 40.2 Å². The molecule has 3 rings (SSSR count). The van der Waals surface area contributed by atoms with Crippen LogP contribution in [0.4, 0.5) is 0 Å². The molecular formula is C20H30N4OS. The predicted octanol–water partition coefficient (Wildman–Crippen LogP) is 3.62. The molecule has 142 valence electrons. The Labute approximate surface area is 160 Å². The van der Waals surface area contributed by atoms with E-state index in [9.17, 15) is 4.79 Å². The van der Waals surface area contributed by atoms with E-state index >= 15 is 0 Å². The van der Waals surface area contributed by atoms with Gasteiger partial charge in [-0.1, -0.05) is 25.8 Å². The van der Waals surface area contributed by atoms with Gasteiger partial charge in [0, 0.05) is 23.3 Å². The summed E-state index contributed by atoms with van der Waals surface area (Å²) in [6, 6.07) is 6.56. The van der Waals surface area contributed by atoms with E-state index in [0.29, 0.717) is 13.1 Å². The zero-order valence-electron chi connectivity index (χ0n) is 15.9. The van der Waals surface area contributed by atoms with Crippen molar-refractivity contribution >= 4 is 17.2 Å². The summed E-state index contributed by atoms with van der Waals surface area (Å²) in [5.41, 5.74) is 1.09. The van der Waals surface area contributed by atoms with Crippen LogP contribution in [0.5, 0.6) is 0 Å². The summed E-state index contributed by atoms with van der Waals surface area (Å²) >= 11 is 1.79. The predicted molar refractivity (Wildman–Crippen MR) is 106 cm³/mol. The molecule has 0 spiro atoms. The SMILES string of the molecule is Cc1ccnn1C[C@@H](C)C(=O)NC[C@H](c1cccs1)N1CCCCCC1. The Morgan fingerprint density at radius 3 is 2.65 bits per heavy atom. The first-order valence-corrected chi connectivity index (χ1v) is 10.6. The molecule has 1 N–H and O–H groups in total. The highest BCUT2D eigenvalue weighted by molar-refractivity contribution is 7.10. The van der Waals surface area contributed by atoms with Crippen LogP contribution in [-0.2, 0) is 11.3 Å². The molecule has 0 bridgehead atoms. The van der Waals surface area contributed by atoms with Gasteiger partial charge in [-0.15, -0.1) is 11.3 Å². The van der Waals surface area contributed by atoms with Gasteiger partial charge >= 0.3 is 0 Å². The third kappa shape index (κ3) is 4.95. The van der Waals surface area contributed by atoms with Crippen LogP contribution in [0.2, 0.25) is 0 Å². The molecule has 26 heavy (non-hydrogen) atoms. The largest absolute Gasteiger partial charge is 0.354 e. The Kier molecular flexibility index (Phi) is 6.86. The first-order valence-electron chi connectivity index (χ1n) is 9.68. The number of rotatable bonds is 7. The average molecular weight is 375 g/mol. The number of aromatic nitrogens is 2. The van der Waals surface area contributed by atoms with Gasteiger partial charge in [0.05, 0.1) is 18.5 Å². The number of aryl methyl sites for hydroxylation is 1. The molecule has 5 nitrogen and oxygen atoms in total. The lowest BCUT2D eigenvalue weighted by atomic mass is 10.1. The molecule has 0 aliphatic carbocycles. The van der Waals surface area contributed by atoms with Crippen LogP contribution in [0, 0.1) is 12.8 Å². The summed E-state index contributed by atoms with van der Waals surface area (Å²) in [7, 11) is 0. The molecule has 0 aromatic carbocycles. The Morgan fingerprint density at radius 1 is 1.27 bits per heavy atom. The van der Waals surface area contributed by atoms with Crippen molar-refractivity contribution in [1.29, 1.82) is 0 Å². The maximum atomic E-state index is 12.6. The molecule has 0 radical (unpaired) electrons. The molecule has 0 unspecified atom stereocenters. The van der Waals surface area contributed by atoms with Crippen molar-refractivity contribution in [3.8, 4) is 0 Å². The van der Waals surface area contributed by atoms with Crippen LogP contribution in [0.3, 0.4) is 0 Å². The van der Waals surface area contributed by atoms with E-state index in [1.807, 2.05) is 24.6 Å². The van der Waals surface area contributed by atoms with E-state index < -0.39 is 0 Å². The number of amides is 1. The van der Waals surface area contributed by atoms with E-state index in [1.165, 1.54) is 30.6 Å². The molecule has 1 aliphatic heterocycles. The third-order valence-corrected chi connectivity index (χ3v) is 6.22. The minimum absolute atomic E-state index is 0.0956. The molecule has 2 atom stereocenters. The Hall–Kier alpha value is -1.66. The summed E-state index contributed by atoms with van der Waals surface area (Å²) in [6.45, 7) is 7.55. The lowest BCUT2D eigenvalue weighted by Gasteiger charge is -2.30. The second kappa shape index (κ2) is 9.33. The van der Waals surface area contributed by atoms with Crippen LogP contribution in [0.25, 0.3) is 0 Å². The number of nitrogens with one attached hydrogen (secondary N) is 1. The third-order valence-electron chi connectivity index (χ3n) is 5.25. The van der Waals surface area contributed by atoms with Crippen molar-refractivity contribution in [1.82, 2.24) is 20.0 Å². The van der Waals surface area contributed by atoms with Crippen molar-refractivity contribution in [2.24, 2.45) is 5.92 Å². The minimum Gasteiger partial charge on any atom is -0.354 e. The fraction of sp³-hybridized carbons (Fsp3) is 0.600. The zero-order chi connectivity index (χ0) is 18.4. The smallest absolute Gasteiger partial charge is 0.224 e. The van der Waals surface area contributed by atoms with Gasteiger partial charge in [-0.2, -0.15) is 5.10 Å². The zero-order valence-corrected chi connectivity index (χ0v) is 16.7. The lowest BCUT2D eigenvalue weighted by Crippen LogP contribution is -2.40. The molecule has 1 fully saturated rings. The average Bonchev–Trinajstić information content (AvgIpc) is 3.22. The lowest BCUT2D eigenvalue weighted by molar-refractivity contribution is -0.125. The number of hydrogen-bond donors (Lipinski definition) is 1. The number of hydrogen-bond acceptors (Lipinski definition) is 4. The van der Waals surface area contributed by atoms with Gasteiger partial charge in [0.1, 0.15) is 0 Å². The summed E-state index contributed by atoms with van der Waals surface area (Å²) in [4.78, 5) is 16.5. The van der Waals surface area contributed by atoms with Crippen LogP contribution < -0.4 is 5.32 Å². The molecule has 1 amide bonds. The van der Waals surface area contributed by atoms with Crippen LogP contribution in [0.15, 0.2) is 29.8 Å². The Balaban J connectivity index is 1.59. The molecule has 1 saturated heterocycles. The van der Waals surface area contributed by atoms with Gasteiger partial charge < -0.3 is 5.32 Å². The van der Waals surface area contributed by atoms with Crippen molar-refractivity contribution in [3.63, 3.8) is 0 Å². The summed E-state index contributed by atoms with van der Waals surface area (Å²) in [6.07, 6.45) is 6.93. The topological polar surface area (TPSA) is 50.2 Å². The second-order valence-corrected chi connectivity index (χ2v) is 8.26. The number of thiophene rings is 1. The second-order valence-electron chi connectivity index (χ2n) is 7.28. The standard InChI is InChI=1S/C20H30N4OS/c1-16(15-24-17(2)9-10-22-24)20(25)21-14-18(19-8-7-13-26-19)23-11-5-3-4-6-12-23/h7-10,13,16,18H,3-6,11-12,14-15H2,1-2H3,(H,21,25)/t16-,18-/m1/s1. The molecule has 3 heterocycles. The summed E-state index contributed by atoms with van der Waals surface area (Å²) < 4.78 is 1.90. The highest BCUT2D eigenvalue weighted by Crippen LogP contribution is 2.27. The highest BCUT2D eigenvalue weighted by atomic mass is 32.1. The summed E-state index contributed by atoms with van der Waals surface area (Å²) in [5.74, 6) is 0.0120. The fourth-order valence-electron chi connectivity index (χ4n) is 3.60. The van der Waals surface area contributed by atoms with Gasteiger partial charge in [-0.3, -0.25) is 14.4 Å². The fourth-order valence-corrected chi connectivity index (χ4v) is 4.46. The number of carbonyl (C=O) groups excluding carboxylic acids is 1. The molecular weight excluding hydrogens is 344 g/mol. The van der Waals surface area contributed by atoms with Gasteiger partial charge in [0.25, 0.3) is 0 Å². The van der Waals surface area contributed by atoms with E-state index in [-0.39, 0.29) is 17.9 Å². The van der Waals surface area contributed by atoms with E-state index in [0.717, 1.165) is 18.8 Å². The monoisotopic (exact) mass is 374 g/mol. The van der Waals surface area contributed by atoms with Crippen molar-refractivity contribution in [2.45, 2.75) is 52.1 Å². The first kappa shape index (κ1) is 19.1. The normalized spacial score (nSPS) is 18.2. The molecule has 2 aromatic heterocycles. The van der Waals surface area contributed by atoms with Gasteiger partial charge in [0.2, 0.25) is 5.91 Å². The number of carbonyl (C=O) groups is 1. The maximum Gasteiger partial charge on any atom is 0.224 e. The number of nitrogens with zero attached hydrogens (tertiary/aromatic N) is 3. The van der Waals surface area contributed by atoms with E-state index in [2.05, 4.69) is 32.8 Å². The van der Waals surface area contributed by atoms with Crippen molar-refractivity contribution in [2.75, 3.05) is 19.6 Å². The number of likely N-dealkylation sites (tertiary alicyclic amines) is 1. The first-order chi connectivity index (χ1) is 12.6. The maximum absolute atomic E-state index is 12.6. The van der Waals surface area contributed by atoms with Crippen LogP contribution in [0.1, 0.15) is 49.2 Å². The van der Waals surface area contributed by atoms with Crippen molar-refractivity contribution in [3.05, 3.63) is 40.3 Å². The Bertz CT molecular complexity index is 674. The summed E-state index contributed by atoms with van der Waals surface area (Å²) in [5, 5.41) is 9.62. The van der Waals surface area contributed by atoms with Gasteiger partial charge in [-0.05, 0) is 50.4 Å². The van der Waals surface area contributed by atoms with Gasteiger partial charge in [0.15, 0.2) is 0 Å². The van der Waals surface area contributed by atoms with Gasteiger partial charge in [-0.25, -0.2) is 0 Å². The van der Waals surface area contributed by atoms with E-state index in [1.54, 1.807) is 17.5 Å². The molecule has 2 aromatic rings. The Morgan fingerprint density at radius 2 is 2.04 bits per heavy atom. The van der Waals surface area contributed by atoms with Crippen LogP contribution >= 0.6 is 11.3 Å². The highest BCUT2D eigenvalue weighted by Gasteiger charge is 2.24. The van der Waals surface area contributed by atoms with Crippen molar-refractivity contribution < 1.29 is 4.79 Å². The van der Waals surface area contributed by atoms with E-state index in [4.69, 9.17) is 0 Å². The quantitative estimate of drug-likeness (QED) is 0.805.